The van der Waals surface area contributed by atoms with Crippen LogP contribution in [0.4, 0.5) is 0 Å². The molecular weight excluding hydrogens is 925 g/mol. The summed E-state index contributed by atoms with van der Waals surface area (Å²) in [5.41, 5.74) is 0. The summed E-state index contributed by atoms with van der Waals surface area (Å²) in [4.78, 5) is 38.2. The van der Waals surface area contributed by atoms with Crippen LogP contribution in [0.3, 0.4) is 0 Å². The fourth-order valence-electron chi connectivity index (χ4n) is 8.17. The molecule has 1 unspecified atom stereocenters. The molecule has 0 heterocycles. The molecule has 0 rings (SSSR count). The number of esters is 3. The summed E-state index contributed by atoms with van der Waals surface area (Å²) in [7, 11) is 0. The van der Waals surface area contributed by atoms with E-state index in [4.69, 9.17) is 14.2 Å². The first-order valence-electron chi connectivity index (χ1n) is 30.7. The monoisotopic (exact) mass is 1040 g/mol. The number of rotatable bonds is 54. The highest BCUT2D eigenvalue weighted by molar-refractivity contribution is 5.72. The molecule has 0 radical (unpaired) electrons. The summed E-state index contributed by atoms with van der Waals surface area (Å²) >= 11 is 0. The molecule has 0 spiro atoms. The van der Waals surface area contributed by atoms with Crippen molar-refractivity contribution in [2.24, 2.45) is 0 Å². The van der Waals surface area contributed by atoms with Crippen LogP contribution in [0.1, 0.15) is 265 Å². The van der Waals surface area contributed by atoms with Crippen LogP contribution < -0.4 is 0 Å². The van der Waals surface area contributed by atoms with E-state index < -0.39 is 12.1 Å². The van der Waals surface area contributed by atoms with E-state index in [1.165, 1.54) is 103 Å². The molecule has 75 heavy (non-hydrogen) atoms. The van der Waals surface area contributed by atoms with Gasteiger partial charge in [0.1, 0.15) is 13.2 Å². The molecule has 0 saturated heterocycles. The van der Waals surface area contributed by atoms with E-state index in [-0.39, 0.29) is 31.6 Å². The van der Waals surface area contributed by atoms with Gasteiger partial charge in [-0.1, -0.05) is 283 Å². The van der Waals surface area contributed by atoms with Crippen LogP contribution in [0.5, 0.6) is 0 Å². The van der Waals surface area contributed by atoms with Crippen molar-refractivity contribution in [2.45, 2.75) is 271 Å². The van der Waals surface area contributed by atoms with Crippen LogP contribution in [0.2, 0.25) is 0 Å². The second-order valence-electron chi connectivity index (χ2n) is 19.9. The zero-order valence-corrected chi connectivity index (χ0v) is 48.5. The number of carbonyl (C=O) groups is 3. The Morgan fingerprint density at radius 2 is 0.573 bits per heavy atom. The molecule has 0 saturated carbocycles. The summed E-state index contributed by atoms with van der Waals surface area (Å²) in [5, 5.41) is 0. The number of carbonyl (C=O) groups excluding carboxylic acids is 3. The number of allylic oxidation sites excluding steroid dienone is 21. The summed E-state index contributed by atoms with van der Waals surface area (Å²) in [5.74, 6) is -1.06. The maximum Gasteiger partial charge on any atom is 0.309 e. The Bertz CT molecular complexity index is 1620. The number of hydrogen-bond acceptors (Lipinski definition) is 6. The van der Waals surface area contributed by atoms with Crippen LogP contribution in [-0.2, 0) is 28.6 Å². The predicted molar refractivity (Wildman–Crippen MR) is 325 cm³/mol. The molecule has 0 amide bonds. The SMILES string of the molecule is CC/C=C\C/C=C\C/C=C\C/C=C\C/C=C\C/C=C\CCCCCCCCC(=O)OCC(COC(=O)C/C=C\C/C=C\C/C=C\C/C=C\C/C=C\CC)OC(=O)CCCCCCCCCCCCCCCCCCC. The van der Waals surface area contributed by atoms with Gasteiger partial charge in [-0.25, -0.2) is 0 Å². The van der Waals surface area contributed by atoms with Gasteiger partial charge in [-0.3, -0.25) is 14.4 Å². The zero-order valence-electron chi connectivity index (χ0n) is 48.5. The van der Waals surface area contributed by atoms with Gasteiger partial charge >= 0.3 is 17.9 Å². The average Bonchev–Trinajstić information content (AvgIpc) is 3.41. The van der Waals surface area contributed by atoms with Crippen LogP contribution in [0.15, 0.2) is 134 Å². The van der Waals surface area contributed by atoms with Gasteiger partial charge in [0.15, 0.2) is 6.10 Å². The van der Waals surface area contributed by atoms with Gasteiger partial charge in [0.25, 0.3) is 0 Å². The highest BCUT2D eigenvalue weighted by Gasteiger charge is 2.19. The maximum absolute atomic E-state index is 12.9. The lowest BCUT2D eigenvalue weighted by atomic mass is 10.0. The standard InChI is InChI=1S/C69H112O6/c1-4-7-10-13-16-19-22-25-28-30-31-32-33-34-35-36-37-39-41-44-47-50-53-56-59-62-68(71)74-65-66(64-73-67(70)61-58-55-52-49-46-43-40-27-24-21-18-15-12-9-6-3)75-69(72)63-60-57-54-51-48-45-42-38-29-26-23-20-17-14-11-8-5-2/h7,9-10,12,16,18-19,21,25,27-28,31-32,34-35,37,39-40,46,49,55,58,66H,4-6,8,11,13-15,17,20,22-24,26,29-30,33,36,38,41-45,47-48,50-54,56-57,59-65H2,1-3H3/b10-7-,12-9-,19-16-,21-18-,28-25-,32-31-,35-34-,39-37-,40-27-,49-46-,58-55-. The van der Waals surface area contributed by atoms with E-state index >= 15 is 0 Å². The molecule has 6 nitrogen and oxygen atoms in total. The van der Waals surface area contributed by atoms with Gasteiger partial charge in [0.2, 0.25) is 0 Å². The molecule has 0 aromatic carbocycles. The summed E-state index contributed by atoms with van der Waals surface area (Å²) < 4.78 is 16.8. The van der Waals surface area contributed by atoms with Gasteiger partial charge in [-0.15, -0.1) is 0 Å². The molecule has 0 N–H and O–H groups in total. The van der Waals surface area contributed by atoms with Crippen molar-refractivity contribution in [2.75, 3.05) is 13.2 Å². The minimum absolute atomic E-state index is 0.118. The number of ether oxygens (including phenoxy) is 3. The van der Waals surface area contributed by atoms with Gasteiger partial charge in [0.05, 0.1) is 6.42 Å². The third-order valence-corrected chi connectivity index (χ3v) is 12.7. The third-order valence-electron chi connectivity index (χ3n) is 12.7. The van der Waals surface area contributed by atoms with Crippen molar-refractivity contribution in [1.82, 2.24) is 0 Å². The molecule has 0 aliphatic rings. The summed E-state index contributed by atoms with van der Waals surface area (Å²) in [6, 6.07) is 0. The van der Waals surface area contributed by atoms with Crippen LogP contribution in [0.25, 0.3) is 0 Å². The summed E-state index contributed by atoms with van der Waals surface area (Å²) in [6.45, 7) is 6.32. The minimum atomic E-state index is -0.828. The van der Waals surface area contributed by atoms with Crippen molar-refractivity contribution >= 4 is 17.9 Å². The molecule has 0 bridgehead atoms. The van der Waals surface area contributed by atoms with Gasteiger partial charge in [-0.05, 0) is 96.3 Å². The quantitative estimate of drug-likeness (QED) is 0.0261. The van der Waals surface area contributed by atoms with Crippen LogP contribution in [0, 0.1) is 0 Å². The predicted octanol–water partition coefficient (Wildman–Crippen LogP) is 21.0. The minimum Gasteiger partial charge on any atom is -0.462 e. The molecule has 0 aromatic rings. The van der Waals surface area contributed by atoms with E-state index in [2.05, 4.69) is 142 Å². The first-order chi connectivity index (χ1) is 37.0. The number of hydrogen-bond donors (Lipinski definition) is 0. The third kappa shape index (κ3) is 60.3. The highest BCUT2D eigenvalue weighted by Crippen LogP contribution is 2.16. The molecule has 0 aliphatic carbocycles. The lowest BCUT2D eigenvalue weighted by Gasteiger charge is -2.18. The molecule has 0 fully saturated rings. The van der Waals surface area contributed by atoms with Gasteiger partial charge in [0, 0.05) is 12.8 Å². The zero-order chi connectivity index (χ0) is 54.3. The van der Waals surface area contributed by atoms with E-state index in [1.807, 2.05) is 6.08 Å². The fraction of sp³-hybridized carbons (Fsp3) is 0.638. The fourth-order valence-corrected chi connectivity index (χ4v) is 8.17. The molecule has 0 aliphatic heterocycles. The molecule has 424 valence electrons. The Labute approximate surface area is 462 Å². The van der Waals surface area contributed by atoms with E-state index in [0.29, 0.717) is 12.8 Å². The van der Waals surface area contributed by atoms with Crippen molar-refractivity contribution < 1.29 is 28.6 Å². The van der Waals surface area contributed by atoms with Crippen molar-refractivity contribution in [3.63, 3.8) is 0 Å². The van der Waals surface area contributed by atoms with Crippen molar-refractivity contribution in [3.8, 4) is 0 Å². The van der Waals surface area contributed by atoms with E-state index in [9.17, 15) is 14.4 Å². The smallest absolute Gasteiger partial charge is 0.309 e. The molecule has 0 aromatic heterocycles. The van der Waals surface area contributed by atoms with Gasteiger partial charge in [-0.2, -0.15) is 0 Å². The first kappa shape index (κ1) is 70.5. The topological polar surface area (TPSA) is 78.9 Å². The number of unbranched alkanes of at least 4 members (excludes halogenated alkanes) is 22. The van der Waals surface area contributed by atoms with Crippen molar-refractivity contribution in [3.05, 3.63) is 134 Å². The second-order valence-corrected chi connectivity index (χ2v) is 19.9. The Hall–Kier alpha value is -4.45. The summed E-state index contributed by atoms with van der Waals surface area (Å²) in [6.07, 6.45) is 87.6. The van der Waals surface area contributed by atoms with E-state index in [0.717, 1.165) is 122 Å². The highest BCUT2D eigenvalue weighted by atomic mass is 16.6. The Kier molecular flexibility index (Phi) is 58.4. The Balaban J connectivity index is 4.47. The first-order valence-corrected chi connectivity index (χ1v) is 30.7. The van der Waals surface area contributed by atoms with Crippen LogP contribution in [-0.4, -0.2) is 37.2 Å². The molecular formula is C69H112O6. The van der Waals surface area contributed by atoms with E-state index in [1.54, 1.807) is 6.08 Å². The molecule has 6 heteroatoms. The normalized spacial score (nSPS) is 13.1. The maximum atomic E-state index is 12.9. The Morgan fingerprint density at radius 1 is 0.293 bits per heavy atom. The van der Waals surface area contributed by atoms with Crippen LogP contribution >= 0.6 is 0 Å². The van der Waals surface area contributed by atoms with Crippen molar-refractivity contribution in [1.29, 1.82) is 0 Å². The lowest BCUT2D eigenvalue weighted by molar-refractivity contribution is -0.166. The lowest BCUT2D eigenvalue weighted by Crippen LogP contribution is -2.30. The van der Waals surface area contributed by atoms with Gasteiger partial charge < -0.3 is 14.2 Å². The second kappa shape index (κ2) is 62.1. The average molecular weight is 1040 g/mol. The Morgan fingerprint density at radius 3 is 0.933 bits per heavy atom. The molecule has 1 atom stereocenters. The largest absolute Gasteiger partial charge is 0.462 e.